The van der Waals surface area contributed by atoms with Gasteiger partial charge < -0.3 is 9.64 Å². The summed E-state index contributed by atoms with van der Waals surface area (Å²) in [7, 11) is 0. The second-order valence-electron chi connectivity index (χ2n) is 7.23. The number of carbonyl (C=O) groups is 1. The zero-order chi connectivity index (χ0) is 15.3. The Hall–Kier alpha value is -1.03. The summed E-state index contributed by atoms with van der Waals surface area (Å²) in [6.45, 7) is 7.16. The zero-order valence-corrected chi connectivity index (χ0v) is 14.5. The van der Waals surface area contributed by atoms with Crippen LogP contribution in [0, 0.1) is 0 Å². The lowest BCUT2D eigenvalue weighted by Crippen LogP contribution is -2.36. The molecule has 1 aromatic carbocycles. The van der Waals surface area contributed by atoms with Crippen LogP contribution in [0.3, 0.4) is 0 Å². The molecule has 0 saturated heterocycles. The summed E-state index contributed by atoms with van der Waals surface area (Å²) in [6, 6.07) is 6.49. The lowest BCUT2D eigenvalue weighted by Gasteiger charge is -2.26. The van der Waals surface area contributed by atoms with Crippen LogP contribution in [0.5, 0.6) is 0 Å². The second kappa shape index (κ2) is 5.01. The number of hydrogen-bond acceptors (Lipinski definition) is 2. The van der Waals surface area contributed by atoms with Gasteiger partial charge in [0.05, 0.1) is 0 Å². The summed E-state index contributed by atoms with van der Waals surface area (Å²) < 4.78 is 6.61. The maximum Gasteiger partial charge on any atom is 0.410 e. The van der Waals surface area contributed by atoms with Crippen LogP contribution in [0.15, 0.2) is 22.7 Å². The molecule has 1 fully saturated rings. The molecule has 0 aromatic heterocycles. The molecule has 3 nitrogen and oxygen atoms in total. The van der Waals surface area contributed by atoms with Crippen molar-refractivity contribution in [2.75, 3.05) is 6.54 Å². The Morgan fingerprint density at radius 1 is 1.29 bits per heavy atom. The van der Waals surface area contributed by atoms with Crippen molar-refractivity contribution in [3.05, 3.63) is 33.8 Å². The van der Waals surface area contributed by atoms with Crippen molar-refractivity contribution in [3.63, 3.8) is 0 Å². The smallest absolute Gasteiger partial charge is 0.410 e. The molecule has 4 heteroatoms. The average Bonchev–Trinajstić information content (AvgIpc) is 3.14. The van der Waals surface area contributed by atoms with Gasteiger partial charge in [-0.1, -0.05) is 22.0 Å². The third-order valence-electron chi connectivity index (χ3n) is 4.37. The first-order valence-electron chi connectivity index (χ1n) is 7.56. The van der Waals surface area contributed by atoms with Crippen molar-refractivity contribution >= 4 is 22.0 Å². The van der Waals surface area contributed by atoms with Crippen molar-refractivity contribution in [1.29, 1.82) is 0 Å². The Balaban J connectivity index is 1.87. The first-order chi connectivity index (χ1) is 9.79. The summed E-state index contributed by atoms with van der Waals surface area (Å²) >= 11 is 3.54. The molecule has 114 valence electrons. The fraction of sp³-hybridized carbons (Fsp3) is 0.588. The molecule has 1 saturated carbocycles. The lowest BCUT2D eigenvalue weighted by atomic mass is 9.90. The van der Waals surface area contributed by atoms with Crippen molar-refractivity contribution in [2.45, 2.75) is 57.6 Å². The third-order valence-corrected chi connectivity index (χ3v) is 4.86. The van der Waals surface area contributed by atoms with Gasteiger partial charge in [0.15, 0.2) is 0 Å². The van der Waals surface area contributed by atoms with Crippen LogP contribution in [-0.4, -0.2) is 23.1 Å². The molecule has 1 aliphatic heterocycles. The van der Waals surface area contributed by atoms with Gasteiger partial charge >= 0.3 is 6.09 Å². The van der Waals surface area contributed by atoms with E-state index in [1.165, 1.54) is 24.0 Å². The third kappa shape index (κ3) is 3.10. The summed E-state index contributed by atoms with van der Waals surface area (Å²) in [6.07, 6.45) is 3.32. The molecule has 0 bridgehead atoms. The highest BCUT2D eigenvalue weighted by atomic mass is 79.9. The topological polar surface area (TPSA) is 29.5 Å². The van der Waals surface area contributed by atoms with E-state index in [9.17, 15) is 4.79 Å². The van der Waals surface area contributed by atoms with E-state index in [0.29, 0.717) is 12.0 Å². The number of hydrogen-bond donors (Lipinski definition) is 0. The highest BCUT2D eigenvalue weighted by Crippen LogP contribution is 2.53. The van der Waals surface area contributed by atoms with E-state index in [0.717, 1.165) is 17.4 Å². The van der Waals surface area contributed by atoms with Crippen molar-refractivity contribution in [3.8, 4) is 0 Å². The molecule has 0 radical (unpaired) electrons. The summed E-state index contributed by atoms with van der Waals surface area (Å²) in [5.74, 6) is 0. The molecule has 1 spiro atoms. The number of carbonyl (C=O) groups excluding carboxylic acids is 1. The summed E-state index contributed by atoms with van der Waals surface area (Å²) in [5.41, 5.74) is 2.55. The Kier molecular flexibility index (Phi) is 3.55. The highest BCUT2D eigenvalue weighted by Gasteiger charge is 2.47. The van der Waals surface area contributed by atoms with Gasteiger partial charge in [-0.25, -0.2) is 4.79 Å². The Labute approximate surface area is 134 Å². The van der Waals surface area contributed by atoms with Crippen molar-refractivity contribution in [1.82, 2.24) is 4.90 Å². The van der Waals surface area contributed by atoms with Crippen LogP contribution in [0.25, 0.3) is 0 Å². The van der Waals surface area contributed by atoms with Crippen LogP contribution < -0.4 is 0 Å². The Bertz CT molecular complexity index is 573. The largest absolute Gasteiger partial charge is 0.444 e. The minimum absolute atomic E-state index is 0.203. The Morgan fingerprint density at radius 2 is 2.00 bits per heavy atom. The second-order valence-corrected chi connectivity index (χ2v) is 8.15. The van der Waals surface area contributed by atoms with Crippen LogP contribution >= 0.6 is 15.9 Å². The van der Waals surface area contributed by atoms with Crippen LogP contribution in [0.4, 0.5) is 4.79 Å². The van der Waals surface area contributed by atoms with Crippen LogP contribution in [-0.2, 0) is 16.7 Å². The maximum absolute atomic E-state index is 12.4. The van der Waals surface area contributed by atoms with E-state index >= 15 is 0 Å². The number of fused-ring (bicyclic) bond motifs is 2. The molecule has 1 aliphatic carbocycles. The maximum atomic E-state index is 12.4. The highest BCUT2D eigenvalue weighted by molar-refractivity contribution is 9.10. The first kappa shape index (κ1) is 14.9. The predicted molar refractivity (Wildman–Crippen MR) is 86.3 cm³/mol. The number of rotatable bonds is 0. The summed E-state index contributed by atoms with van der Waals surface area (Å²) in [4.78, 5) is 14.2. The van der Waals surface area contributed by atoms with Crippen molar-refractivity contribution < 1.29 is 9.53 Å². The van der Waals surface area contributed by atoms with Gasteiger partial charge in [0.2, 0.25) is 0 Å². The lowest BCUT2D eigenvalue weighted by molar-refractivity contribution is 0.0234. The molecule has 2 aliphatic rings. The molecule has 0 atom stereocenters. The molecule has 21 heavy (non-hydrogen) atoms. The molecule has 0 unspecified atom stereocenters. The number of halogens is 1. The van der Waals surface area contributed by atoms with Gasteiger partial charge in [-0.05, 0) is 68.7 Å². The number of ether oxygens (including phenoxy) is 1. The zero-order valence-electron chi connectivity index (χ0n) is 12.9. The fourth-order valence-corrected chi connectivity index (χ4v) is 3.54. The van der Waals surface area contributed by atoms with Gasteiger partial charge in [-0.2, -0.15) is 0 Å². The van der Waals surface area contributed by atoms with Gasteiger partial charge in [0, 0.05) is 17.6 Å². The normalized spacial score (nSPS) is 19.9. The van der Waals surface area contributed by atoms with E-state index in [-0.39, 0.29) is 6.09 Å². The van der Waals surface area contributed by atoms with Gasteiger partial charge in [0.25, 0.3) is 0 Å². The van der Waals surface area contributed by atoms with Gasteiger partial charge in [-0.15, -0.1) is 0 Å². The van der Waals surface area contributed by atoms with Crippen molar-refractivity contribution in [2.24, 2.45) is 0 Å². The molecule has 3 rings (SSSR count). The fourth-order valence-electron chi connectivity index (χ4n) is 3.13. The van der Waals surface area contributed by atoms with Crippen LogP contribution in [0.2, 0.25) is 0 Å². The average molecular weight is 352 g/mol. The molecular formula is C17H22BrNO2. The van der Waals surface area contributed by atoms with E-state index in [1.807, 2.05) is 25.7 Å². The first-order valence-corrected chi connectivity index (χ1v) is 8.35. The van der Waals surface area contributed by atoms with E-state index in [1.54, 1.807) is 0 Å². The molecule has 1 aromatic rings. The summed E-state index contributed by atoms with van der Waals surface area (Å²) in [5, 5.41) is 0. The molecule has 1 amide bonds. The number of nitrogens with zero attached hydrogens (tertiary/aromatic N) is 1. The number of amides is 1. The van der Waals surface area contributed by atoms with E-state index in [2.05, 4.69) is 34.1 Å². The quantitative estimate of drug-likeness (QED) is 0.682. The predicted octanol–water partition coefficient (Wildman–Crippen LogP) is 4.62. The monoisotopic (exact) mass is 351 g/mol. The van der Waals surface area contributed by atoms with E-state index in [4.69, 9.17) is 4.74 Å². The van der Waals surface area contributed by atoms with E-state index < -0.39 is 5.60 Å². The van der Waals surface area contributed by atoms with Gasteiger partial charge in [0.1, 0.15) is 5.60 Å². The Morgan fingerprint density at radius 3 is 2.62 bits per heavy atom. The molecule has 0 N–H and O–H groups in total. The molecule has 1 heterocycles. The van der Waals surface area contributed by atoms with Gasteiger partial charge in [-0.3, -0.25) is 0 Å². The minimum Gasteiger partial charge on any atom is -0.444 e. The number of benzene rings is 1. The molecular weight excluding hydrogens is 330 g/mol. The SMILES string of the molecule is CC(C)(C)OC(=O)N1CCC2(CC2)c2ccc(Br)cc2C1. The minimum atomic E-state index is -0.444. The standard InChI is InChI=1S/C17H22BrNO2/c1-16(2,3)21-15(20)19-9-8-17(6-7-17)14-5-4-13(18)10-12(14)11-19/h4-5,10H,6-9,11H2,1-3H3. The van der Waals surface area contributed by atoms with Crippen LogP contribution in [0.1, 0.15) is 51.2 Å².